The number of hydrogen-bond acceptors (Lipinski definition) is 4. The number of piperazine rings is 1. The van der Waals surface area contributed by atoms with E-state index in [9.17, 15) is 9.59 Å². The third-order valence-electron chi connectivity index (χ3n) is 6.11. The third-order valence-corrected chi connectivity index (χ3v) is 6.11. The molecule has 0 aromatic heterocycles. The van der Waals surface area contributed by atoms with Crippen LogP contribution in [0.2, 0.25) is 0 Å². The topological polar surface area (TPSA) is 53.1 Å². The van der Waals surface area contributed by atoms with Crippen LogP contribution < -0.4 is 4.74 Å². The van der Waals surface area contributed by atoms with E-state index in [-0.39, 0.29) is 17.9 Å². The third kappa shape index (κ3) is 4.65. The van der Waals surface area contributed by atoms with Crippen molar-refractivity contribution in [2.24, 2.45) is 0 Å². The first-order valence-corrected chi connectivity index (χ1v) is 10.6. The molecule has 0 radical (unpaired) electrons. The minimum absolute atomic E-state index is 0.119. The molecule has 0 spiro atoms. The van der Waals surface area contributed by atoms with Crippen LogP contribution in [0.3, 0.4) is 0 Å². The first kappa shape index (κ1) is 20.4. The Kier molecular flexibility index (Phi) is 6.33. The van der Waals surface area contributed by atoms with Gasteiger partial charge in [-0.15, -0.1) is 0 Å². The summed E-state index contributed by atoms with van der Waals surface area (Å²) in [5.74, 6) is 1.10. The normalized spacial score (nSPS) is 19.9. The summed E-state index contributed by atoms with van der Waals surface area (Å²) in [7, 11) is 1.63. The molecule has 2 aliphatic rings. The van der Waals surface area contributed by atoms with E-state index in [1.54, 1.807) is 7.11 Å². The lowest BCUT2D eigenvalue weighted by Gasteiger charge is -2.39. The predicted octanol–water partition coefficient (Wildman–Crippen LogP) is 2.18. The molecule has 4 rings (SSSR count). The molecule has 158 valence electrons. The highest BCUT2D eigenvalue weighted by atomic mass is 16.5. The molecule has 2 aromatic carbocycles. The Morgan fingerprint density at radius 2 is 1.67 bits per heavy atom. The lowest BCUT2D eigenvalue weighted by atomic mass is 10.1. The maximum Gasteiger partial charge on any atom is 0.240 e. The smallest absolute Gasteiger partial charge is 0.240 e. The first-order valence-electron chi connectivity index (χ1n) is 10.6. The van der Waals surface area contributed by atoms with Gasteiger partial charge in [0.1, 0.15) is 5.75 Å². The number of nitrogens with zero attached hydrogens (tertiary/aromatic N) is 3. The molecule has 0 aliphatic carbocycles. The highest BCUT2D eigenvalue weighted by Gasteiger charge is 2.37. The molecule has 2 heterocycles. The first-order chi connectivity index (χ1) is 14.6. The Labute approximate surface area is 178 Å². The minimum Gasteiger partial charge on any atom is -0.497 e. The van der Waals surface area contributed by atoms with Crippen molar-refractivity contribution < 1.29 is 14.3 Å². The van der Waals surface area contributed by atoms with Gasteiger partial charge in [0.2, 0.25) is 11.8 Å². The van der Waals surface area contributed by atoms with Crippen LogP contribution in [0.4, 0.5) is 0 Å². The summed E-state index contributed by atoms with van der Waals surface area (Å²) in [5.41, 5.74) is 2.14. The van der Waals surface area contributed by atoms with Crippen LogP contribution in [-0.4, -0.2) is 72.4 Å². The van der Waals surface area contributed by atoms with E-state index >= 15 is 0 Å². The van der Waals surface area contributed by atoms with E-state index in [2.05, 4.69) is 17.0 Å². The number of methoxy groups -OCH3 is 1. The van der Waals surface area contributed by atoms with Crippen LogP contribution in [0.1, 0.15) is 17.5 Å². The summed E-state index contributed by atoms with van der Waals surface area (Å²) in [6.07, 6.45) is 1.07. The predicted molar refractivity (Wildman–Crippen MR) is 115 cm³/mol. The average molecular weight is 408 g/mol. The number of amides is 2. The van der Waals surface area contributed by atoms with Crippen molar-refractivity contribution in [3.8, 4) is 5.75 Å². The zero-order valence-electron chi connectivity index (χ0n) is 17.5. The molecule has 30 heavy (non-hydrogen) atoms. The largest absolute Gasteiger partial charge is 0.497 e. The van der Waals surface area contributed by atoms with Crippen molar-refractivity contribution in [1.29, 1.82) is 0 Å². The van der Waals surface area contributed by atoms with Crippen LogP contribution >= 0.6 is 0 Å². The molecule has 2 saturated heterocycles. The van der Waals surface area contributed by atoms with Crippen LogP contribution in [0.25, 0.3) is 0 Å². The molecule has 0 saturated carbocycles. The van der Waals surface area contributed by atoms with Gasteiger partial charge in [-0.3, -0.25) is 14.5 Å². The zero-order valence-corrected chi connectivity index (χ0v) is 17.5. The number of benzene rings is 2. The summed E-state index contributed by atoms with van der Waals surface area (Å²) in [6.45, 7) is 4.32. The molecule has 0 N–H and O–H groups in total. The average Bonchev–Trinajstić information content (AvgIpc) is 3.00. The van der Waals surface area contributed by atoms with E-state index in [0.29, 0.717) is 32.5 Å². The molecule has 2 aromatic rings. The van der Waals surface area contributed by atoms with Gasteiger partial charge >= 0.3 is 0 Å². The zero-order chi connectivity index (χ0) is 20.9. The molecule has 2 aliphatic heterocycles. The molecule has 2 fully saturated rings. The van der Waals surface area contributed by atoms with Gasteiger partial charge in [-0.05, 0) is 29.7 Å². The Morgan fingerprint density at radius 3 is 2.40 bits per heavy atom. The fraction of sp³-hybridized carbons (Fsp3) is 0.417. The van der Waals surface area contributed by atoms with Crippen molar-refractivity contribution in [2.75, 3.05) is 39.8 Å². The van der Waals surface area contributed by atoms with Crippen molar-refractivity contribution in [3.05, 3.63) is 65.7 Å². The quantitative estimate of drug-likeness (QED) is 0.763. The van der Waals surface area contributed by atoms with Crippen molar-refractivity contribution in [1.82, 2.24) is 14.7 Å². The Bertz CT molecular complexity index is 869. The van der Waals surface area contributed by atoms with Gasteiger partial charge in [-0.2, -0.15) is 0 Å². The van der Waals surface area contributed by atoms with E-state index in [1.807, 2.05) is 52.3 Å². The maximum absolute atomic E-state index is 13.1. The standard InChI is InChI=1S/C24H29N3O3/c1-30-21-9-7-19(8-10-21)17-23(28)26-12-11-22-24(29)27(16-14-25(22)13-15-26)18-20-5-3-2-4-6-20/h2-10,22H,11-18H2,1H3. The highest BCUT2D eigenvalue weighted by molar-refractivity contribution is 5.83. The molecule has 1 unspecified atom stereocenters. The van der Waals surface area contributed by atoms with Gasteiger partial charge in [0, 0.05) is 39.3 Å². The van der Waals surface area contributed by atoms with E-state index in [4.69, 9.17) is 4.74 Å². The molecule has 2 amide bonds. The molecule has 1 atom stereocenters. The van der Waals surface area contributed by atoms with Gasteiger partial charge in [0.25, 0.3) is 0 Å². The number of fused-ring (bicyclic) bond motifs is 1. The van der Waals surface area contributed by atoms with Crippen LogP contribution in [0.5, 0.6) is 5.75 Å². The second-order valence-electron chi connectivity index (χ2n) is 7.99. The number of ether oxygens (including phenoxy) is 1. The van der Waals surface area contributed by atoms with Crippen molar-refractivity contribution in [3.63, 3.8) is 0 Å². The van der Waals surface area contributed by atoms with Crippen molar-refractivity contribution >= 4 is 11.8 Å². The second kappa shape index (κ2) is 9.30. The number of carbonyl (C=O) groups is 2. The molecule has 0 bridgehead atoms. The highest BCUT2D eigenvalue weighted by Crippen LogP contribution is 2.21. The monoisotopic (exact) mass is 407 g/mol. The molecule has 6 nitrogen and oxygen atoms in total. The number of hydrogen-bond donors (Lipinski definition) is 0. The van der Waals surface area contributed by atoms with Gasteiger partial charge in [-0.1, -0.05) is 42.5 Å². The van der Waals surface area contributed by atoms with Gasteiger partial charge in [0.15, 0.2) is 0 Å². The SMILES string of the molecule is COc1ccc(CC(=O)N2CCC3C(=O)N(Cc4ccccc4)CCN3CC2)cc1. The number of rotatable bonds is 5. The van der Waals surface area contributed by atoms with Crippen LogP contribution in [0.15, 0.2) is 54.6 Å². The van der Waals surface area contributed by atoms with Gasteiger partial charge in [0.05, 0.1) is 19.6 Å². The number of carbonyl (C=O) groups excluding carboxylic acids is 2. The Hall–Kier alpha value is -2.86. The fourth-order valence-electron chi connectivity index (χ4n) is 4.33. The molecular formula is C24H29N3O3. The van der Waals surface area contributed by atoms with Crippen molar-refractivity contribution in [2.45, 2.75) is 25.4 Å². The van der Waals surface area contributed by atoms with Crippen LogP contribution in [-0.2, 0) is 22.6 Å². The fourth-order valence-corrected chi connectivity index (χ4v) is 4.33. The van der Waals surface area contributed by atoms with Gasteiger partial charge < -0.3 is 14.5 Å². The lowest BCUT2D eigenvalue weighted by Crippen LogP contribution is -2.56. The summed E-state index contributed by atoms with van der Waals surface area (Å²) >= 11 is 0. The second-order valence-corrected chi connectivity index (χ2v) is 7.99. The minimum atomic E-state index is -0.124. The molecule has 6 heteroatoms. The van der Waals surface area contributed by atoms with E-state index < -0.39 is 0 Å². The summed E-state index contributed by atoms with van der Waals surface area (Å²) in [5, 5.41) is 0. The Balaban J connectivity index is 1.35. The summed E-state index contributed by atoms with van der Waals surface area (Å²) in [4.78, 5) is 32.1. The van der Waals surface area contributed by atoms with E-state index in [0.717, 1.165) is 36.5 Å². The van der Waals surface area contributed by atoms with E-state index in [1.165, 1.54) is 0 Å². The summed E-state index contributed by atoms with van der Waals surface area (Å²) < 4.78 is 5.18. The lowest BCUT2D eigenvalue weighted by molar-refractivity contribution is -0.142. The Morgan fingerprint density at radius 1 is 0.933 bits per heavy atom. The summed E-state index contributed by atoms with van der Waals surface area (Å²) in [6, 6.07) is 17.6. The molecular weight excluding hydrogens is 378 g/mol. The van der Waals surface area contributed by atoms with Crippen LogP contribution in [0, 0.1) is 0 Å². The maximum atomic E-state index is 13.1. The van der Waals surface area contributed by atoms with Gasteiger partial charge in [-0.25, -0.2) is 0 Å².